The second kappa shape index (κ2) is 5.41. The highest BCUT2D eigenvalue weighted by Gasteiger charge is 2.21. The van der Waals surface area contributed by atoms with Crippen LogP contribution in [-0.4, -0.2) is 22.7 Å². The molecule has 0 aliphatic heterocycles. The van der Waals surface area contributed by atoms with Crippen molar-refractivity contribution in [3.05, 3.63) is 42.1 Å². The van der Waals surface area contributed by atoms with Crippen molar-refractivity contribution in [2.45, 2.75) is 31.7 Å². The number of pyridine rings is 1. The van der Waals surface area contributed by atoms with Crippen LogP contribution in [0.2, 0.25) is 0 Å². The minimum Gasteiger partial charge on any atom is -0.348 e. The third-order valence-corrected chi connectivity index (χ3v) is 3.71. The predicted octanol–water partition coefficient (Wildman–Crippen LogP) is 2.48. The number of fused-ring (bicyclic) bond motifs is 1. The number of nitrogens with one attached hydrogen (secondary N) is 1. The van der Waals surface area contributed by atoms with Crippen LogP contribution in [-0.2, 0) is 4.79 Å². The third-order valence-electron chi connectivity index (χ3n) is 3.71. The summed E-state index contributed by atoms with van der Waals surface area (Å²) in [4.78, 5) is 27.7. The van der Waals surface area contributed by atoms with Gasteiger partial charge < -0.3 is 5.32 Å². The summed E-state index contributed by atoms with van der Waals surface area (Å²) in [5.41, 5.74) is 1.25. The zero-order chi connectivity index (χ0) is 13.9. The molecule has 1 aromatic heterocycles. The van der Waals surface area contributed by atoms with Gasteiger partial charge in [0.1, 0.15) is 11.5 Å². The maximum absolute atomic E-state index is 12.2. The molecule has 1 amide bonds. The maximum atomic E-state index is 12.2. The molecule has 1 aromatic carbocycles. The summed E-state index contributed by atoms with van der Waals surface area (Å²) in [6.07, 6.45) is 2.60. The average molecular weight is 268 g/mol. The van der Waals surface area contributed by atoms with E-state index in [0.717, 1.165) is 23.7 Å². The lowest BCUT2D eigenvalue weighted by atomic mass is 9.94. The van der Waals surface area contributed by atoms with E-state index in [1.54, 1.807) is 6.07 Å². The number of rotatable bonds is 2. The molecule has 1 aliphatic carbocycles. The van der Waals surface area contributed by atoms with Gasteiger partial charge in [0.25, 0.3) is 5.91 Å². The molecular formula is C16H16N2O2. The van der Waals surface area contributed by atoms with Gasteiger partial charge in [0.2, 0.25) is 0 Å². The van der Waals surface area contributed by atoms with Crippen molar-refractivity contribution >= 4 is 22.6 Å². The van der Waals surface area contributed by atoms with E-state index in [1.807, 2.05) is 30.3 Å². The zero-order valence-corrected chi connectivity index (χ0v) is 11.1. The molecule has 3 rings (SSSR count). The number of ketones is 1. The van der Waals surface area contributed by atoms with Crippen molar-refractivity contribution < 1.29 is 9.59 Å². The van der Waals surface area contributed by atoms with Crippen molar-refractivity contribution in [3.8, 4) is 0 Å². The first-order chi connectivity index (χ1) is 9.72. The van der Waals surface area contributed by atoms with Crippen LogP contribution < -0.4 is 5.32 Å². The largest absolute Gasteiger partial charge is 0.348 e. The molecule has 1 saturated carbocycles. The van der Waals surface area contributed by atoms with Crippen LogP contribution >= 0.6 is 0 Å². The Balaban J connectivity index is 1.73. The van der Waals surface area contributed by atoms with Crippen LogP contribution in [0.1, 0.15) is 36.2 Å². The van der Waals surface area contributed by atoms with E-state index < -0.39 is 0 Å². The van der Waals surface area contributed by atoms with Crippen LogP contribution in [0.15, 0.2) is 36.4 Å². The number of hydrogen-bond donors (Lipinski definition) is 1. The number of carbonyl (C=O) groups excluding carboxylic acids is 2. The second-order valence-electron chi connectivity index (χ2n) is 5.18. The SMILES string of the molecule is O=C1CCC(NC(=O)c2ccc3ccccc3n2)CC1. The first-order valence-corrected chi connectivity index (χ1v) is 6.91. The van der Waals surface area contributed by atoms with Crippen LogP contribution in [0, 0.1) is 0 Å². The van der Waals surface area contributed by atoms with Crippen LogP contribution in [0.4, 0.5) is 0 Å². The van der Waals surface area contributed by atoms with Crippen molar-refractivity contribution in [2.75, 3.05) is 0 Å². The first-order valence-electron chi connectivity index (χ1n) is 6.91. The Labute approximate surface area is 117 Å². The Morgan fingerprint density at radius 2 is 1.85 bits per heavy atom. The number of Topliss-reactive ketones (excluding diaryl/α,β-unsaturated/α-hetero) is 1. The van der Waals surface area contributed by atoms with Gasteiger partial charge in [-0.05, 0) is 25.0 Å². The van der Waals surface area contributed by atoms with Crippen molar-refractivity contribution in [3.63, 3.8) is 0 Å². The highest BCUT2D eigenvalue weighted by atomic mass is 16.2. The molecule has 0 bridgehead atoms. The van der Waals surface area contributed by atoms with Gasteiger partial charge in [-0.2, -0.15) is 0 Å². The van der Waals surface area contributed by atoms with E-state index in [0.29, 0.717) is 24.3 Å². The number of nitrogens with zero attached hydrogens (tertiary/aromatic N) is 1. The van der Waals surface area contributed by atoms with Crippen LogP contribution in [0.25, 0.3) is 10.9 Å². The molecule has 4 heteroatoms. The van der Waals surface area contributed by atoms with Gasteiger partial charge in [-0.1, -0.05) is 24.3 Å². The zero-order valence-electron chi connectivity index (χ0n) is 11.1. The van der Waals surface area contributed by atoms with E-state index in [9.17, 15) is 9.59 Å². The number of carbonyl (C=O) groups is 2. The van der Waals surface area contributed by atoms with E-state index in [-0.39, 0.29) is 11.9 Å². The van der Waals surface area contributed by atoms with E-state index >= 15 is 0 Å². The fourth-order valence-corrected chi connectivity index (χ4v) is 2.54. The van der Waals surface area contributed by atoms with Gasteiger partial charge >= 0.3 is 0 Å². The topological polar surface area (TPSA) is 59.1 Å². The normalized spacial score (nSPS) is 16.3. The summed E-state index contributed by atoms with van der Waals surface area (Å²) in [5, 5.41) is 3.99. The average Bonchev–Trinajstić information content (AvgIpc) is 2.49. The van der Waals surface area contributed by atoms with Gasteiger partial charge in [-0.15, -0.1) is 0 Å². The minimum atomic E-state index is -0.157. The van der Waals surface area contributed by atoms with Crippen LogP contribution in [0.3, 0.4) is 0 Å². The summed E-state index contributed by atoms with van der Waals surface area (Å²) >= 11 is 0. The molecule has 1 heterocycles. The summed E-state index contributed by atoms with van der Waals surface area (Å²) in [6.45, 7) is 0. The van der Waals surface area contributed by atoms with E-state index in [4.69, 9.17) is 0 Å². The Morgan fingerprint density at radius 1 is 1.10 bits per heavy atom. The molecule has 1 N–H and O–H groups in total. The molecule has 2 aromatic rings. The van der Waals surface area contributed by atoms with E-state index in [1.165, 1.54) is 0 Å². The molecule has 0 atom stereocenters. The van der Waals surface area contributed by atoms with Gasteiger partial charge in [0.05, 0.1) is 5.52 Å². The number of benzene rings is 1. The summed E-state index contributed by atoms with van der Waals surface area (Å²) in [7, 11) is 0. The first kappa shape index (κ1) is 12.8. The van der Waals surface area contributed by atoms with Gasteiger partial charge in [-0.25, -0.2) is 4.98 Å². The smallest absolute Gasteiger partial charge is 0.270 e. The lowest BCUT2D eigenvalue weighted by molar-refractivity contribution is -0.120. The summed E-state index contributed by atoms with van der Waals surface area (Å²) in [6, 6.07) is 11.5. The highest BCUT2D eigenvalue weighted by Crippen LogP contribution is 2.16. The molecule has 0 radical (unpaired) electrons. The minimum absolute atomic E-state index is 0.0912. The quantitative estimate of drug-likeness (QED) is 0.910. The van der Waals surface area contributed by atoms with Gasteiger partial charge in [-0.3, -0.25) is 9.59 Å². The second-order valence-corrected chi connectivity index (χ2v) is 5.18. The molecule has 0 saturated heterocycles. The number of amides is 1. The lowest BCUT2D eigenvalue weighted by Gasteiger charge is -2.21. The molecule has 1 aliphatic rings. The van der Waals surface area contributed by atoms with Crippen molar-refractivity contribution in [1.29, 1.82) is 0 Å². The Morgan fingerprint density at radius 3 is 2.65 bits per heavy atom. The third kappa shape index (κ3) is 2.69. The summed E-state index contributed by atoms with van der Waals surface area (Å²) < 4.78 is 0. The van der Waals surface area contributed by atoms with E-state index in [2.05, 4.69) is 10.3 Å². The van der Waals surface area contributed by atoms with Gasteiger partial charge in [0, 0.05) is 24.3 Å². The molecular weight excluding hydrogens is 252 g/mol. The monoisotopic (exact) mass is 268 g/mol. The van der Waals surface area contributed by atoms with Crippen LogP contribution in [0.5, 0.6) is 0 Å². The summed E-state index contributed by atoms with van der Waals surface area (Å²) in [5.74, 6) is 0.134. The Kier molecular flexibility index (Phi) is 3.46. The molecule has 0 spiro atoms. The molecule has 1 fully saturated rings. The van der Waals surface area contributed by atoms with Crippen molar-refractivity contribution in [2.24, 2.45) is 0 Å². The van der Waals surface area contributed by atoms with Gasteiger partial charge in [0.15, 0.2) is 0 Å². The molecule has 4 nitrogen and oxygen atoms in total. The standard InChI is InChI=1S/C16H16N2O2/c19-13-8-6-12(7-9-13)17-16(20)15-10-5-11-3-1-2-4-14(11)18-15/h1-5,10,12H,6-9H2,(H,17,20). The number of aromatic nitrogens is 1. The fraction of sp³-hybridized carbons (Fsp3) is 0.312. The Bertz CT molecular complexity index is 656. The Hall–Kier alpha value is -2.23. The molecule has 20 heavy (non-hydrogen) atoms. The molecule has 0 unspecified atom stereocenters. The van der Waals surface area contributed by atoms with Crippen molar-refractivity contribution in [1.82, 2.24) is 10.3 Å². The predicted molar refractivity (Wildman–Crippen MR) is 76.5 cm³/mol. The highest BCUT2D eigenvalue weighted by molar-refractivity contribution is 5.95. The fourth-order valence-electron chi connectivity index (χ4n) is 2.54. The molecule has 102 valence electrons. The number of para-hydroxylation sites is 1. The lowest BCUT2D eigenvalue weighted by Crippen LogP contribution is -2.38. The number of hydrogen-bond acceptors (Lipinski definition) is 3. The maximum Gasteiger partial charge on any atom is 0.270 e.